The number of hydrogen-bond donors (Lipinski definition) is 0. The Hall–Kier alpha value is -1.96. The van der Waals surface area contributed by atoms with Crippen LogP contribution in [0.2, 0.25) is 0 Å². The van der Waals surface area contributed by atoms with Crippen molar-refractivity contribution in [2.75, 3.05) is 0 Å². The highest BCUT2D eigenvalue weighted by atomic mass is 32.1. The lowest BCUT2D eigenvalue weighted by molar-refractivity contribution is 1.32. The van der Waals surface area contributed by atoms with Crippen LogP contribution < -0.4 is 9.88 Å². The van der Waals surface area contributed by atoms with E-state index in [1.807, 2.05) is 24.3 Å². The summed E-state index contributed by atoms with van der Waals surface area (Å²) in [6.07, 6.45) is 5.53. The van der Waals surface area contributed by atoms with Crippen molar-refractivity contribution in [3.63, 3.8) is 0 Å². The quantitative estimate of drug-likeness (QED) is 0.721. The van der Waals surface area contributed by atoms with Gasteiger partial charge in [-0.1, -0.05) is 30.3 Å². The highest BCUT2D eigenvalue weighted by molar-refractivity contribution is 7.13. The number of benzene rings is 1. The Balaban J connectivity index is 2.22. The lowest BCUT2D eigenvalue weighted by Crippen LogP contribution is -2.19. The second kappa shape index (κ2) is 3.89. The molecule has 16 heavy (non-hydrogen) atoms. The van der Waals surface area contributed by atoms with Crippen molar-refractivity contribution >= 4 is 29.5 Å². The van der Waals surface area contributed by atoms with Crippen molar-refractivity contribution < 1.29 is 0 Å². The largest absolute Gasteiger partial charge is 0.236 e. The van der Waals surface area contributed by atoms with Crippen LogP contribution in [0, 0.1) is 0 Å². The van der Waals surface area contributed by atoms with Crippen LogP contribution in [0.25, 0.3) is 22.8 Å². The SMILES string of the molecule is C1=CC=c2nc(-c3ccccc3)sc2=CN=1. The van der Waals surface area contributed by atoms with Crippen LogP contribution in [0.1, 0.15) is 0 Å². The van der Waals surface area contributed by atoms with Crippen LogP contribution >= 0.6 is 11.3 Å². The van der Waals surface area contributed by atoms with Crippen molar-refractivity contribution in [1.82, 2.24) is 4.98 Å². The molecule has 0 radical (unpaired) electrons. The first-order chi connectivity index (χ1) is 7.93. The van der Waals surface area contributed by atoms with E-state index in [4.69, 9.17) is 0 Å². The van der Waals surface area contributed by atoms with Crippen LogP contribution in [0.4, 0.5) is 0 Å². The van der Waals surface area contributed by atoms with Gasteiger partial charge in [-0.25, -0.2) is 9.98 Å². The number of rotatable bonds is 1. The lowest BCUT2D eigenvalue weighted by atomic mass is 10.2. The molecule has 0 saturated carbocycles. The van der Waals surface area contributed by atoms with Gasteiger partial charge in [-0.05, 0) is 11.9 Å². The molecule has 0 N–H and O–H groups in total. The van der Waals surface area contributed by atoms with Crippen LogP contribution in [0.3, 0.4) is 0 Å². The van der Waals surface area contributed by atoms with Gasteiger partial charge in [-0.3, -0.25) is 0 Å². The molecule has 1 aliphatic heterocycles. The third kappa shape index (κ3) is 1.63. The highest BCUT2D eigenvalue weighted by Gasteiger charge is 2.02. The Bertz CT molecular complexity index is 652. The van der Waals surface area contributed by atoms with Crippen LogP contribution in [0.15, 0.2) is 41.4 Å². The fraction of sp³-hybridized carbons (Fsp3) is 0. The Morgan fingerprint density at radius 2 is 2.00 bits per heavy atom. The second-order valence-corrected chi connectivity index (χ2v) is 4.39. The van der Waals surface area contributed by atoms with Gasteiger partial charge in [0.05, 0.1) is 16.1 Å². The summed E-state index contributed by atoms with van der Waals surface area (Å²) in [5.74, 6) is 2.80. The molecule has 0 aliphatic carbocycles. The Morgan fingerprint density at radius 1 is 1.12 bits per heavy atom. The minimum absolute atomic E-state index is 0.970. The van der Waals surface area contributed by atoms with Gasteiger partial charge >= 0.3 is 0 Å². The van der Waals surface area contributed by atoms with E-state index in [0.717, 1.165) is 20.5 Å². The fourth-order valence-corrected chi connectivity index (χ4v) is 2.44. The zero-order chi connectivity index (χ0) is 10.8. The summed E-state index contributed by atoms with van der Waals surface area (Å²) in [5.41, 5.74) is 1.15. The number of nitrogens with zero attached hydrogens (tertiary/aromatic N) is 2. The molecule has 3 heteroatoms. The predicted octanol–water partition coefficient (Wildman–Crippen LogP) is 1.57. The highest BCUT2D eigenvalue weighted by Crippen LogP contribution is 2.17. The standard InChI is InChI=1S/C13H8N2S/c1-2-5-10(6-3-1)13-15-11-7-4-8-14-9-12(11)16-13/h1-7,9H. The third-order valence-corrected chi connectivity index (χ3v) is 3.33. The molecule has 76 valence electrons. The van der Waals surface area contributed by atoms with Gasteiger partial charge in [0.1, 0.15) is 5.01 Å². The Morgan fingerprint density at radius 3 is 2.88 bits per heavy atom. The van der Waals surface area contributed by atoms with Crippen LogP contribution in [-0.2, 0) is 0 Å². The van der Waals surface area contributed by atoms with Gasteiger partial charge in [0, 0.05) is 11.6 Å². The smallest absolute Gasteiger partial charge is 0.124 e. The molecule has 0 atom stereocenters. The molecule has 1 aromatic heterocycles. The average Bonchev–Trinajstić information content (AvgIpc) is 2.62. The van der Waals surface area contributed by atoms with E-state index in [0.29, 0.717) is 0 Å². The molecule has 0 saturated heterocycles. The van der Waals surface area contributed by atoms with Gasteiger partial charge in [-0.15, -0.1) is 11.3 Å². The summed E-state index contributed by atoms with van der Waals surface area (Å²) in [6.45, 7) is 0. The monoisotopic (exact) mass is 224 g/mol. The summed E-state index contributed by atoms with van der Waals surface area (Å²) in [4.78, 5) is 8.61. The maximum Gasteiger partial charge on any atom is 0.124 e. The summed E-state index contributed by atoms with van der Waals surface area (Å²) in [7, 11) is 0. The minimum atomic E-state index is 0.970. The van der Waals surface area contributed by atoms with E-state index in [1.165, 1.54) is 0 Å². The summed E-state index contributed by atoms with van der Waals surface area (Å²) >= 11 is 1.65. The van der Waals surface area contributed by atoms with Gasteiger partial charge in [0.25, 0.3) is 0 Å². The summed E-state index contributed by atoms with van der Waals surface area (Å²) in [6, 6.07) is 10.2. The van der Waals surface area contributed by atoms with Crippen molar-refractivity contribution in [3.8, 4) is 10.6 Å². The van der Waals surface area contributed by atoms with Crippen molar-refractivity contribution in [2.24, 2.45) is 4.99 Å². The van der Waals surface area contributed by atoms with Crippen LogP contribution in [0.5, 0.6) is 0 Å². The number of allylic oxidation sites excluding steroid dienone is 1. The summed E-state index contributed by atoms with van der Waals surface area (Å²) < 4.78 is 1.08. The number of hydrogen-bond acceptors (Lipinski definition) is 3. The van der Waals surface area contributed by atoms with Gasteiger partial charge in [0.15, 0.2) is 0 Å². The van der Waals surface area contributed by atoms with E-state index in [2.05, 4.69) is 28.0 Å². The Kier molecular flexibility index (Phi) is 2.26. The normalized spacial score (nSPS) is 12.5. The van der Waals surface area contributed by atoms with E-state index in [1.54, 1.807) is 23.6 Å². The Labute approximate surface area is 96.6 Å². The zero-order valence-electron chi connectivity index (χ0n) is 8.42. The van der Waals surface area contributed by atoms with E-state index in [9.17, 15) is 0 Å². The molecule has 0 amide bonds. The molecular formula is C13H8N2S. The number of fused-ring (bicyclic) bond motifs is 1. The summed E-state index contributed by atoms with van der Waals surface area (Å²) in [5, 5.41) is 2.00. The van der Waals surface area contributed by atoms with Gasteiger partial charge in [-0.2, -0.15) is 0 Å². The molecule has 2 heterocycles. The molecular weight excluding hydrogens is 216 g/mol. The molecule has 0 spiro atoms. The lowest BCUT2D eigenvalue weighted by Gasteiger charge is -1.92. The predicted molar refractivity (Wildman–Crippen MR) is 67.7 cm³/mol. The van der Waals surface area contributed by atoms with Crippen molar-refractivity contribution in [2.45, 2.75) is 0 Å². The zero-order valence-corrected chi connectivity index (χ0v) is 9.24. The number of aliphatic imine (C=N–C) groups is 1. The van der Waals surface area contributed by atoms with Gasteiger partial charge < -0.3 is 0 Å². The van der Waals surface area contributed by atoms with E-state index in [-0.39, 0.29) is 0 Å². The van der Waals surface area contributed by atoms with Crippen molar-refractivity contribution in [3.05, 3.63) is 46.3 Å². The molecule has 0 fully saturated rings. The third-order valence-electron chi connectivity index (χ3n) is 2.27. The fourth-order valence-electron chi connectivity index (χ4n) is 1.51. The first kappa shape index (κ1) is 9.28. The van der Waals surface area contributed by atoms with E-state index >= 15 is 0 Å². The van der Waals surface area contributed by atoms with Crippen LogP contribution in [-0.4, -0.2) is 10.9 Å². The first-order valence-corrected chi connectivity index (χ1v) is 5.76. The number of aromatic nitrogens is 1. The minimum Gasteiger partial charge on any atom is -0.236 e. The average molecular weight is 224 g/mol. The molecule has 1 aliphatic rings. The second-order valence-electron chi connectivity index (χ2n) is 3.36. The molecule has 3 rings (SSSR count). The van der Waals surface area contributed by atoms with E-state index < -0.39 is 0 Å². The molecule has 2 nitrogen and oxygen atoms in total. The molecule has 0 bridgehead atoms. The molecule has 2 aromatic rings. The van der Waals surface area contributed by atoms with Crippen molar-refractivity contribution in [1.29, 1.82) is 0 Å². The topological polar surface area (TPSA) is 25.2 Å². The maximum atomic E-state index is 4.58. The maximum absolute atomic E-state index is 4.58. The molecule has 1 aromatic carbocycles. The van der Waals surface area contributed by atoms with Gasteiger partial charge in [0.2, 0.25) is 0 Å². The number of thiazole rings is 1. The first-order valence-electron chi connectivity index (χ1n) is 4.95. The molecule has 0 unspecified atom stereocenters.